The molecule has 0 unspecified atom stereocenters. The lowest BCUT2D eigenvalue weighted by molar-refractivity contribution is -0.126. The number of unbranched alkanes of at least 4 members (excludes halogenated alkanes) is 3. The lowest BCUT2D eigenvalue weighted by atomic mass is 9.76. The van der Waals surface area contributed by atoms with Crippen LogP contribution in [-0.2, 0) is 4.79 Å². The summed E-state index contributed by atoms with van der Waals surface area (Å²) in [6, 6.07) is 8.63. The van der Waals surface area contributed by atoms with Crippen molar-refractivity contribution >= 4 is 29.3 Å². The predicted octanol–water partition coefficient (Wildman–Crippen LogP) is 6.17. The Morgan fingerprint density at radius 3 is 2.50 bits per heavy atom. The van der Waals surface area contributed by atoms with Crippen molar-refractivity contribution in [2.75, 3.05) is 0 Å². The molecule has 0 saturated heterocycles. The molecular weight excluding hydrogens is 308 g/mol. The summed E-state index contributed by atoms with van der Waals surface area (Å²) in [6.07, 6.45) is 9.70. The molecule has 2 aliphatic rings. The van der Waals surface area contributed by atoms with Crippen molar-refractivity contribution in [3.8, 4) is 0 Å². The predicted molar refractivity (Wildman–Crippen MR) is 96.5 cm³/mol. The van der Waals surface area contributed by atoms with E-state index in [4.69, 9.17) is 0 Å². The molecule has 1 aliphatic carbocycles. The molecule has 0 spiro atoms. The molecule has 0 aromatic heterocycles. The number of benzene rings is 1. The molecule has 120 valence electrons. The fourth-order valence-corrected chi connectivity index (χ4v) is 7.07. The summed E-state index contributed by atoms with van der Waals surface area (Å²) in [6.45, 7) is 2.26. The van der Waals surface area contributed by atoms with Crippen molar-refractivity contribution in [2.24, 2.45) is 11.8 Å². The fourth-order valence-electron chi connectivity index (χ4n) is 3.74. The molecule has 3 heteroatoms. The molecule has 1 aromatic carbocycles. The summed E-state index contributed by atoms with van der Waals surface area (Å²) in [4.78, 5) is 15.4. The summed E-state index contributed by atoms with van der Waals surface area (Å²) in [5.41, 5.74) is 0. The maximum absolute atomic E-state index is 12.6. The third-order valence-electron chi connectivity index (χ3n) is 4.93. The van der Waals surface area contributed by atoms with Crippen LogP contribution in [0, 0.1) is 11.8 Å². The first-order valence-corrected chi connectivity index (χ1v) is 10.5. The highest BCUT2D eigenvalue weighted by molar-refractivity contribution is 8.19. The van der Waals surface area contributed by atoms with Gasteiger partial charge in [0.05, 0.1) is 4.58 Å². The molecule has 0 bridgehead atoms. The van der Waals surface area contributed by atoms with Gasteiger partial charge in [-0.3, -0.25) is 4.79 Å². The number of hydrogen-bond acceptors (Lipinski definition) is 3. The normalized spacial score (nSPS) is 25.4. The van der Waals surface area contributed by atoms with Gasteiger partial charge in [-0.25, -0.2) is 0 Å². The van der Waals surface area contributed by atoms with Crippen molar-refractivity contribution in [1.82, 2.24) is 0 Å². The molecule has 1 nitrogen and oxygen atoms in total. The molecular formula is C19H26OS2. The fraction of sp³-hybridized carbons (Fsp3) is 0.632. The minimum absolute atomic E-state index is 0.276. The van der Waals surface area contributed by atoms with Crippen LogP contribution in [0.4, 0.5) is 0 Å². The van der Waals surface area contributed by atoms with Gasteiger partial charge in [0.2, 0.25) is 0 Å². The first-order chi connectivity index (χ1) is 10.8. The van der Waals surface area contributed by atoms with Gasteiger partial charge in [-0.1, -0.05) is 44.7 Å². The minimum atomic E-state index is 0.276. The SMILES string of the molecule is CCCCCC[C@@H]1CCCC(=O)[C@H]1C1Sc2ccccc2S1. The van der Waals surface area contributed by atoms with Crippen LogP contribution in [0.5, 0.6) is 0 Å². The smallest absolute Gasteiger partial charge is 0.138 e. The van der Waals surface area contributed by atoms with Gasteiger partial charge in [0.25, 0.3) is 0 Å². The number of carbonyl (C=O) groups is 1. The van der Waals surface area contributed by atoms with Crippen LogP contribution >= 0.6 is 23.5 Å². The summed E-state index contributed by atoms with van der Waals surface area (Å²) in [5.74, 6) is 1.43. The topological polar surface area (TPSA) is 17.1 Å². The van der Waals surface area contributed by atoms with Crippen molar-refractivity contribution in [3.63, 3.8) is 0 Å². The number of carbonyl (C=O) groups excluding carboxylic acids is 1. The standard InChI is InChI=1S/C19H26OS2/c1-2-3-4-5-9-14-10-8-11-15(20)18(14)19-21-16-12-6-7-13-17(16)22-19/h6-7,12-14,18-19H,2-5,8-11H2,1H3/t14-,18+/m1/s1. The molecule has 0 radical (unpaired) electrons. The van der Waals surface area contributed by atoms with Gasteiger partial charge >= 0.3 is 0 Å². The zero-order chi connectivity index (χ0) is 15.4. The summed E-state index contributed by atoms with van der Waals surface area (Å²) < 4.78 is 0.418. The van der Waals surface area contributed by atoms with Gasteiger partial charge in [0.1, 0.15) is 5.78 Å². The molecule has 22 heavy (non-hydrogen) atoms. The van der Waals surface area contributed by atoms with Crippen LogP contribution in [0.15, 0.2) is 34.1 Å². The number of ketones is 1. The van der Waals surface area contributed by atoms with E-state index in [1.54, 1.807) is 0 Å². The van der Waals surface area contributed by atoms with Crippen LogP contribution in [0.25, 0.3) is 0 Å². The van der Waals surface area contributed by atoms with Gasteiger partial charge in [-0.05, 0) is 37.3 Å². The Morgan fingerprint density at radius 2 is 1.82 bits per heavy atom. The quantitative estimate of drug-likeness (QED) is 0.579. The van der Waals surface area contributed by atoms with Crippen molar-refractivity contribution < 1.29 is 4.79 Å². The van der Waals surface area contributed by atoms with Gasteiger partial charge in [-0.2, -0.15) is 0 Å². The number of thioether (sulfide) groups is 2. The van der Waals surface area contributed by atoms with E-state index in [9.17, 15) is 4.79 Å². The third-order valence-corrected chi connectivity index (χ3v) is 7.91. The van der Waals surface area contributed by atoms with Crippen LogP contribution in [0.2, 0.25) is 0 Å². The number of hydrogen-bond donors (Lipinski definition) is 0. The molecule has 0 N–H and O–H groups in total. The van der Waals surface area contributed by atoms with Crippen LogP contribution in [-0.4, -0.2) is 10.4 Å². The van der Waals surface area contributed by atoms with Crippen molar-refractivity contribution in [2.45, 2.75) is 72.7 Å². The average Bonchev–Trinajstić information content (AvgIpc) is 2.95. The van der Waals surface area contributed by atoms with E-state index >= 15 is 0 Å². The Labute approximate surface area is 143 Å². The van der Waals surface area contributed by atoms with Gasteiger partial charge in [0.15, 0.2) is 0 Å². The van der Waals surface area contributed by atoms with Gasteiger partial charge in [-0.15, -0.1) is 23.5 Å². The molecule has 0 amide bonds. The zero-order valence-electron chi connectivity index (χ0n) is 13.4. The molecule has 2 atom stereocenters. The Balaban J connectivity index is 1.65. The maximum Gasteiger partial charge on any atom is 0.138 e. The van der Waals surface area contributed by atoms with E-state index in [0.717, 1.165) is 12.8 Å². The highest BCUT2D eigenvalue weighted by atomic mass is 32.2. The van der Waals surface area contributed by atoms with E-state index in [1.807, 2.05) is 23.5 Å². The minimum Gasteiger partial charge on any atom is -0.299 e. The second-order valence-electron chi connectivity index (χ2n) is 6.54. The Kier molecular flexibility index (Phi) is 5.92. The highest BCUT2D eigenvalue weighted by Gasteiger charge is 2.40. The van der Waals surface area contributed by atoms with Crippen molar-refractivity contribution in [3.05, 3.63) is 24.3 Å². The van der Waals surface area contributed by atoms with E-state index in [-0.39, 0.29) is 5.92 Å². The van der Waals surface area contributed by atoms with Crippen LogP contribution in [0.3, 0.4) is 0 Å². The average molecular weight is 335 g/mol. The lowest BCUT2D eigenvalue weighted by Crippen LogP contribution is -2.34. The van der Waals surface area contributed by atoms with Gasteiger partial charge < -0.3 is 0 Å². The van der Waals surface area contributed by atoms with Crippen LogP contribution in [0.1, 0.15) is 58.3 Å². The molecule has 1 aromatic rings. The van der Waals surface area contributed by atoms with E-state index < -0.39 is 0 Å². The molecule has 1 fully saturated rings. The summed E-state index contributed by atoms with van der Waals surface area (Å²) in [7, 11) is 0. The first kappa shape index (κ1) is 16.4. The second kappa shape index (κ2) is 7.92. The second-order valence-corrected chi connectivity index (χ2v) is 9.21. The zero-order valence-corrected chi connectivity index (χ0v) is 15.1. The maximum atomic E-state index is 12.6. The molecule has 1 saturated carbocycles. The number of Topliss-reactive ketones (excluding diaryl/α,β-unsaturated/α-hetero) is 1. The highest BCUT2D eigenvalue weighted by Crippen LogP contribution is 2.54. The van der Waals surface area contributed by atoms with Crippen molar-refractivity contribution in [1.29, 1.82) is 0 Å². The monoisotopic (exact) mass is 334 g/mol. The Morgan fingerprint density at radius 1 is 1.09 bits per heavy atom. The van der Waals surface area contributed by atoms with Gasteiger partial charge in [0, 0.05) is 22.1 Å². The lowest BCUT2D eigenvalue weighted by Gasteiger charge is -2.33. The number of rotatable bonds is 6. The number of fused-ring (bicyclic) bond motifs is 1. The van der Waals surface area contributed by atoms with E-state index in [2.05, 4.69) is 31.2 Å². The van der Waals surface area contributed by atoms with Crippen LogP contribution < -0.4 is 0 Å². The Bertz CT molecular complexity index is 489. The van der Waals surface area contributed by atoms with E-state index in [1.165, 1.54) is 48.3 Å². The van der Waals surface area contributed by atoms with E-state index in [0.29, 0.717) is 16.3 Å². The Hall–Kier alpha value is -0.410. The first-order valence-electron chi connectivity index (χ1n) is 8.74. The molecule has 3 rings (SSSR count). The summed E-state index contributed by atoms with van der Waals surface area (Å²) >= 11 is 3.87. The third kappa shape index (κ3) is 3.73. The summed E-state index contributed by atoms with van der Waals surface area (Å²) in [5, 5.41) is 0. The molecule has 1 aliphatic heterocycles. The largest absolute Gasteiger partial charge is 0.299 e. The molecule has 1 heterocycles.